The molecule has 0 atom stereocenters. The Kier molecular flexibility index (Phi) is 2.51. The van der Waals surface area contributed by atoms with Gasteiger partial charge in [0.2, 0.25) is 0 Å². The van der Waals surface area contributed by atoms with Crippen LogP contribution in [0.25, 0.3) is 0 Å². The third-order valence-corrected chi connectivity index (χ3v) is 4.38. The molecule has 3 rings (SSSR count). The first kappa shape index (κ1) is 10.3. The topological polar surface area (TPSA) is 26.0 Å². The molecule has 1 aromatic rings. The van der Waals surface area contributed by atoms with Crippen LogP contribution in [-0.4, -0.2) is 5.54 Å². The minimum atomic E-state index is 0.201. The molecule has 0 radical (unpaired) electrons. The molecule has 0 heterocycles. The van der Waals surface area contributed by atoms with Crippen molar-refractivity contribution in [2.24, 2.45) is 5.73 Å². The van der Waals surface area contributed by atoms with Crippen molar-refractivity contribution in [3.8, 4) is 0 Å². The zero-order chi connectivity index (χ0) is 11.0. The minimum Gasteiger partial charge on any atom is -0.325 e. The van der Waals surface area contributed by atoms with E-state index in [1.165, 1.54) is 44.9 Å². The fourth-order valence-electron chi connectivity index (χ4n) is 2.67. The summed E-state index contributed by atoms with van der Waals surface area (Å²) in [5.41, 5.74) is 9.54. The van der Waals surface area contributed by atoms with Gasteiger partial charge in [-0.2, -0.15) is 0 Å². The monoisotopic (exact) mass is 215 g/mol. The van der Waals surface area contributed by atoms with Crippen LogP contribution in [0, 0.1) is 0 Å². The lowest BCUT2D eigenvalue weighted by Crippen LogP contribution is -2.22. The third kappa shape index (κ3) is 2.01. The lowest BCUT2D eigenvalue weighted by atomic mass is 9.77. The molecule has 1 aromatic carbocycles. The van der Waals surface area contributed by atoms with Crippen molar-refractivity contribution in [2.45, 2.75) is 56.4 Å². The largest absolute Gasteiger partial charge is 0.325 e. The Morgan fingerprint density at radius 1 is 1.19 bits per heavy atom. The Hall–Kier alpha value is -0.820. The molecule has 0 saturated heterocycles. The van der Waals surface area contributed by atoms with Gasteiger partial charge >= 0.3 is 0 Å². The van der Waals surface area contributed by atoms with Gasteiger partial charge in [0.1, 0.15) is 0 Å². The summed E-state index contributed by atoms with van der Waals surface area (Å²) in [5, 5.41) is 0. The van der Waals surface area contributed by atoms with Crippen LogP contribution in [0.3, 0.4) is 0 Å². The van der Waals surface area contributed by atoms with E-state index in [2.05, 4.69) is 24.3 Å². The lowest BCUT2D eigenvalue weighted by molar-refractivity contribution is 0.416. The number of benzene rings is 1. The van der Waals surface area contributed by atoms with Crippen molar-refractivity contribution < 1.29 is 0 Å². The molecule has 0 aliphatic heterocycles. The Labute approximate surface area is 98.0 Å². The van der Waals surface area contributed by atoms with E-state index >= 15 is 0 Å². The molecule has 0 amide bonds. The maximum atomic E-state index is 6.17. The van der Waals surface area contributed by atoms with Crippen LogP contribution < -0.4 is 5.73 Å². The highest BCUT2D eigenvalue weighted by Crippen LogP contribution is 2.40. The van der Waals surface area contributed by atoms with Crippen LogP contribution in [-0.2, 0) is 6.42 Å². The van der Waals surface area contributed by atoms with Gasteiger partial charge in [-0.05, 0) is 55.6 Å². The maximum Gasteiger partial charge on any atom is 0.0158 e. The van der Waals surface area contributed by atoms with Crippen molar-refractivity contribution in [1.29, 1.82) is 0 Å². The molecule has 1 heteroatoms. The first-order valence-electron chi connectivity index (χ1n) is 6.64. The predicted octanol–water partition coefficient (Wildman–Crippen LogP) is 3.38. The summed E-state index contributed by atoms with van der Waals surface area (Å²) in [4.78, 5) is 0. The van der Waals surface area contributed by atoms with Crippen molar-refractivity contribution in [3.63, 3.8) is 0 Å². The summed E-state index contributed by atoms with van der Waals surface area (Å²) < 4.78 is 0. The van der Waals surface area contributed by atoms with Gasteiger partial charge in [-0.25, -0.2) is 0 Å². The van der Waals surface area contributed by atoms with Crippen LogP contribution in [0.1, 0.15) is 55.6 Å². The van der Waals surface area contributed by atoms with E-state index in [1.54, 1.807) is 11.1 Å². The molecular weight excluding hydrogens is 194 g/mol. The molecule has 2 saturated carbocycles. The minimum absolute atomic E-state index is 0.201. The van der Waals surface area contributed by atoms with E-state index in [9.17, 15) is 0 Å². The zero-order valence-electron chi connectivity index (χ0n) is 9.91. The molecule has 0 aromatic heterocycles. The summed E-state index contributed by atoms with van der Waals surface area (Å²) in [6.45, 7) is 0. The van der Waals surface area contributed by atoms with Gasteiger partial charge in [0.25, 0.3) is 0 Å². The summed E-state index contributed by atoms with van der Waals surface area (Å²) in [7, 11) is 0. The summed E-state index contributed by atoms with van der Waals surface area (Å²) in [6.07, 6.45) is 9.03. The second kappa shape index (κ2) is 3.89. The Bertz CT molecular complexity index is 375. The van der Waals surface area contributed by atoms with E-state index < -0.39 is 0 Å². The quantitative estimate of drug-likeness (QED) is 0.818. The Morgan fingerprint density at radius 3 is 2.56 bits per heavy atom. The van der Waals surface area contributed by atoms with Crippen LogP contribution in [0.2, 0.25) is 0 Å². The van der Waals surface area contributed by atoms with Crippen molar-refractivity contribution in [1.82, 2.24) is 0 Å². The van der Waals surface area contributed by atoms with Crippen LogP contribution in [0.15, 0.2) is 24.3 Å². The highest BCUT2D eigenvalue weighted by molar-refractivity contribution is 5.32. The lowest BCUT2D eigenvalue weighted by Gasteiger charge is -2.28. The van der Waals surface area contributed by atoms with Crippen LogP contribution >= 0.6 is 0 Å². The maximum absolute atomic E-state index is 6.17. The number of nitrogens with two attached hydrogens (primary N) is 1. The van der Waals surface area contributed by atoms with Gasteiger partial charge in [-0.1, -0.05) is 30.7 Å². The molecule has 2 N–H and O–H groups in total. The predicted molar refractivity (Wildman–Crippen MR) is 67.5 cm³/mol. The fourth-order valence-corrected chi connectivity index (χ4v) is 2.67. The standard InChI is InChI=1S/C15H21N/c16-15(10-11-15)9-8-13-4-1-2-7-14(13)12-5-3-6-12/h1-2,4,7,12H,3,5-6,8-11,16H2. The second-order valence-corrected chi connectivity index (χ2v) is 5.69. The zero-order valence-corrected chi connectivity index (χ0v) is 9.91. The molecule has 0 spiro atoms. The molecule has 2 aliphatic rings. The molecule has 1 nitrogen and oxygen atoms in total. The van der Waals surface area contributed by atoms with Crippen LogP contribution in [0.4, 0.5) is 0 Å². The molecule has 16 heavy (non-hydrogen) atoms. The molecule has 2 fully saturated rings. The first-order valence-corrected chi connectivity index (χ1v) is 6.64. The Morgan fingerprint density at radius 2 is 1.94 bits per heavy atom. The smallest absolute Gasteiger partial charge is 0.0158 e. The van der Waals surface area contributed by atoms with Crippen molar-refractivity contribution in [2.75, 3.05) is 0 Å². The first-order chi connectivity index (χ1) is 7.77. The number of rotatable bonds is 4. The summed E-state index contributed by atoms with van der Waals surface area (Å²) in [6, 6.07) is 8.99. The average molecular weight is 215 g/mol. The molecule has 86 valence electrons. The second-order valence-electron chi connectivity index (χ2n) is 5.69. The van der Waals surface area contributed by atoms with E-state index in [0.717, 1.165) is 5.92 Å². The van der Waals surface area contributed by atoms with E-state index in [1.807, 2.05) is 0 Å². The van der Waals surface area contributed by atoms with Gasteiger partial charge in [0.05, 0.1) is 0 Å². The van der Waals surface area contributed by atoms with Gasteiger partial charge < -0.3 is 5.73 Å². The van der Waals surface area contributed by atoms with Crippen molar-refractivity contribution in [3.05, 3.63) is 35.4 Å². The SMILES string of the molecule is NC1(CCc2ccccc2C2CCC2)CC1. The van der Waals surface area contributed by atoms with Gasteiger partial charge in [0, 0.05) is 5.54 Å². The summed E-state index contributed by atoms with van der Waals surface area (Å²) in [5.74, 6) is 0.851. The van der Waals surface area contributed by atoms with Gasteiger partial charge in [-0.15, -0.1) is 0 Å². The number of aryl methyl sites for hydroxylation is 1. The number of hydrogen-bond donors (Lipinski definition) is 1. The van der Waals surface area contributed by atoms with E-state index in [4.69, 9.17) is 5.73 Å². The third-order valence-electron chi connectivity index (χ3n) is 4.38. The number of hydrogen-bond acceptors (Lipinski definition) is 1. The van der Waals surface area contributed by atoms with Crippen molar-refractivity contribution >= 4 is 0 Å². The molecular formula is C15H21N. The molecule has 0 bridgehead atoms. The molecule has 0 unspecified atom stereocenters. The normalized spacial score (nSPS) is 22.8. The van der Waals surface area contributed by atoms with Gasteiger partial charge in [-0.3, -0.25) is 0 Å². The highest BCUT2D eigenvalue weighted by Gasteiger charge is 2.37. The highest BCUT2D eigenvalue weighted by atomic mass is 14.8. The fraction of sp³-hybridized carbons (Fsp3) is 0.600. The van der Waals surface area contributed by atoms with E-state index in [-0.39, 0.29) is 5.54 Å². The van der Waals surface area contributed by atoms with Gasteiger partial charge in [0.15, 0.2) is 0 Å². The molecule has 2 aliphatic carbocycles. The Balaban J connectivity index is 1.71. The summed E-state index contributed by atoms with van der Waals surface area (Å²) >= 11 is 0. The van der Waals surface area contributed by atoms with E-state index in [0.29, 0.717) is 0 Å². The average Bonchev–Trinajstić information content (AvgIpc) is 2.94. The van der Waals surface area contributed by atoms with Crippen LogP contribution in [0.5, 0.6) is 0 Å².